The molecule has 0 saturated carbocycles. The van der Waals surface area contributed by atoms with Gasteiger partial charge in [0, 0.05) is 0 Å². The Hall–Kier alpha value is -1.22. The molecule has 1 heterocycles. The molecule has 1 aromatic carbocycles. The van der Waals surface area contributed by atoms with Crippen LogP contribution in [-0.2, 0) is 0 Å². The predicted octanol–water partition coefficient (Wildman–Crippen LogP) is 2.08. The van der Waals surface area contributed by atoms with Gasteiger partial charge in [-0.2, -0.15) is 0 Å². The van der Waals surface area contributed by atoms with Crippen LogP contribution in [0.15, 0.2) is 18.2 Å². The smallest absolute Gasteiger partial charge is 0.231 e. The van der Waals surface area contributed by atoms with Crippen molar-refractivity contribution in [3.8, 4) is 11.5 Å². The van der Waals surface area contributed by atoms with Crippen molar-refractivity contribution in [3.63, 3.8) is 0 Å². The van der Waals surface area contributed by atoms with Crippen molar-refractivity contribution >= 4 is 0 Å². The number of rotatable bonds is 1. The van der Waals surface area contributed by atoms with Crippen molar-refractivity contribution in [3.05, 3.63) is 23.8 Å². The normalized spacial score (nSPS) is 11.9. The van der Waals surface area contributed by atoms with Crippen LogP contribution >= 0.6 is 0 Å². The Morgan fingerprint density at radius 3 is 2.57 bits per heavy atom. The van der Waals surface area contributed by atoms with Gasteiger partial charge >= 0.3 is 0 Å². The summed E-state index contributed by atoms with van der Waals surface area (Å²) in [4.78, 5) is 0. The first-order valence-corrected chi connectivity index (χ1v) is 4.84. The molecule has 78 valence electrons. The molecule has 0 unspecified atom stereocenters. The molecule has 2 rings (SSSR count). The molecule has 0 fully saturated rings. The lowest BCUT2D eigenvalue weighted by atomic mass is 10.2. The van der Waals surface area contributed by atoms with Gasteiger partial charge in [0.2, 0.25) is 6.79 Å². The third kappa shape index (κ3) is 2.92. The molecule has 1 aliphatic heterocycles. The zero-order chi connectivity index (χ0) is 10.4. The van der Waals surface area contributed by atoms with Crippen LogP contribution in [0.3, 0.4) is 0 Å². The predicted molar refractivity (Wildman–Crippen MR) is 56.6 cm³/mol. The Kier molecular flexibility index (Phi) is 4.26. The van der Waals surface area contributed by atoms with E-state index in [0.717, 1.165) is 24.5 Å². The third-order valence-corrected chi connectivity index (χ3v) is 1.82. The Morgan fingerprint density at radius 1 is 1.29 bits per heavy atom. The fourth-order valence-electron chi connectivity index (χ4n) is 1.00. The molecular weight excluding hydrogens is 178 g/mol. The Morgan fingerprint density at radius 2 is 1.93 bits per heavy atom. The molecule has 0 saturated heterocycles. The second kappa shape index (κ2) is 5.50. The van der Waals surface area contributed by atoms with Gasteiger partial charge in [0.25, 0.3) is 0 Å². The molecule has 1 aliphatic rings. The third-order valence-electron chi connectivity index (χ3n) is 1.82. The number of ether oxygens (including phenoxy) is 2. The summed E-state index contributed by atoms with van der Waals surface area (Å²) >= 11 is 0. The molecule has 2 N–H and O–H groups in total. The van der Waals surface area contributed by atoms with Crippen molar-refractivity contribution in [1.29, 1.82) is 0 Å². The number of hydrogen-bond donors (Lipinski definition) is 1. The van der Waals surface area contributed by atoms with Gasteiger partial charge in [0.15, 0.2) is 11.5 Å². The average Bonchev–Trinajstić information content (AvgIpc) is 2.65. The van der Waals surface area contributed by atoms with Crippen LogP contribution in [0.4, 0.5) is 0 Å². The van der Waals surface area contributed by atoms with E-state index in [-0.39, 0.29) is 0 Å². The summed E-state index contributed by atoms with van der Waals surface area (Å²) in [5.74, 6) is 1.71. The summed E-state index contributed by atoms with van der Waals surface area (Å²) in [6, 6.07) is 5.91. The minimum absolute atomic E-state index is 0.360. The zero-order valence-electron chi connectivity index (χ0n) is 8.75. The zero-order valence-corrected chi connectivity index (χ0v) is 8.75. The highest BCUT2D eigenvalue weighted by molar-refractivity contribution is 5.43. The molecule has 0 amide bonds. The first-order chi connectivity index (χ1) is 6.77. The summed E-state index contributed by atoms with van der Waals surface area (Å²) in [6.07, 6.45) is 1.10. The van der Waals surface area contributed by atoms with Gasteiger partial charge in [-0.05, 0) is 37.6 Å². The molecule has 3 heteroatoms. The van der Waals surface area contributed by atoms with Crippen molar-refractivity contribution in [2.75, 3.05) is 13.3 Å². The van der Waals surface area contributed by atoms with E-state index in [2.05, 4.69) is 6.92 Å². The lowest BCUT2D eigenvalue weighted by Gasteiger charge is -1.94. The monoisotopic (exact) mass is 195 g/mol. The lowest BCUT2D eigenvalue weighted by molar-refractivity contribution is 0.174. The maximum absolute atomic E-state index is 5.16. The van der Waals surface area contributed by atoms with Gasteiger partial charge in [-0.1, -0.05) is 13.0 Å². The average molecular weight is 195 g/mol. The fourth-order valence-corrected chi connectivity index (χ4v) is 1.00. The number of fused-ring (bicyclic) bond motifs is 1. The Labute approximate surface area is 84.8 Å². The standard InChI is InChI=1S/C8H8O2.C3H9N/c1-6-2-3-7-8(4-6)10-5-9-7;1-2-3-4/h2-4H,5H2,1H3;2-4H2,1H3. The van der Waals surface area contributed by atoms with Crippen LogP contribution in [0, 0.1) is 6.92 Å². The first-order valence-electron chi connectivity index (χ1n) is 4.84. The molecule has 0 aromatic heterocycles. The quantitative estimate of drug-likeness (QED) is 0.746. The highest BCUT2D eigenvalue weighted by atomic mass is 16.7. The lowest BCUT2D eigenvalue weighted by Crippen LogP contribution is -1.93. The van der Waals surface area contributed by atoms with E-state index >= 15 is 0 Å². The topological polar surface area (TPSA) is 44.5 Å². The fraction of sp³-hybridized carbons (Fsp3) is 0.455. The van der Waals surface area contributed by atoms with Crippen LogP contribution < -0.4 is 15.2 Å². The summed E-state index contributed by atoms with van der Waals surface area (Å²) < 4.78 is 10.3. The van der Waals surface area contributed by atoms with E-state index in [4.69, 9.17) is 15.2 Å². The summed E-state index contributed by atoms with van der Waals surface area (Å²) in [7, 11) is 0. The van der Waals surface area contributed by atoms with Crippen molar-refractivity contribution in [2.45, 2.75) is 20.3 Å². The van der Waals surface area contributed by atoms with Crippen molar-refractivity contribution in [1.82, 2.24) is 0 Å². The summed E-state index contributed by atoms with van der Waals surface area (Å²) in [5.41, 5.74) is 6.23. The van der Waals surface area contributed by atoms with E-state index in [1.165, 1.54) is 5.56 Å². The van der Waals surface area contributed by atoms with Gasteiger partial charge in [-0.25, -0.2) is 0 Å². The Balaban J connectivity index is 0.000000213. The largest absolute Gasteiger partial charge is 0.454 e. The molecule has 0 bridgehead atoms. The maximum atomic E-state index is 5.16. The van der Waals surface area contributed by atoms with Gasteiger partial charge in [0.1, 0.15) is 0 Å². The molecule has 3 nitrogen and oxygen atoms in total. The SMILES string of the molecule is CCCN.Cc1ccc2c(c1)OCO2. The van der Waals surface area contributed by atoms with Gasteiger partial charge in [-0.3, -0.25) is 0 Å². The van der Waals surface area contributed by atoms with Gasteiger partial charge in [0.05, 0.1) is 0 Å². The van der Waals surface area contributed by atoms with Crippen LogP contribution in [0.2, 0.25) is 0 Å². The van der Waals surface area contributed by atoms with Crippen LogP contribution in [0.5, 0.6) is 11.5 Å². The van der Waals surface area contributed by atoms with Crippen LogP contribution in [0.25, 0.3) is 0 Å². The minimum atomic E-state index is 0.360. The van der Waals surface area contributed by atoms with E-state index < -0.39 is 0 Å². The summed E-state index contributed by atoms with van der Waals surface area (Å²) in [6.45, 7) is 5.26. The number of benzene rings is 1. The molecule has 0 radical (unpaired) electrons. The number of nitrogens with two attached hydrogens (primary N) is 1. The molecule has 0 atom stereocenters. The number of hydrogen-bond acceptors (Lipinski definition) is 3. The van der Waals surface area contributed by atoms with E-state index in [0.29, 0.717) is 6.79 Å². The van der Waals surface area contributed by atoms with E-state index in [1.54, 1.807) is 0 Å². The van der Waals surface area contributed by atoms with Gasteiger partial charge < -0.3 is 15.2 Å². The van der Waals surface area contributed by atoms with Crippen LogP contribution in [-0.4, -0.2) is 13.3 Å². The molecule has 0 aliphatic carbocycles. The highest BCUT2D eigenvalue weighted by Crippen LogP contribution is 2.31. The molecule has 0 spiro atoms. The van der Waals surface area contributed by atoms with Crippen molar-refractivity contribution in [2.24, 2.45) is 5.73 Å². The van der Waals surface area contributed by atoms with Gasteiger partial charge in [-0.15, -0.1) is 0 Å². The van der Waals surface area contributed by atoms with Crippen LogP contribution in [0.1, 0.15) is 18.9 Å². The first kappa shape index (κ1) is 10.9. The second-order valence-corrected chi connectivity index (χ2v) is 3.15. The van der Waals surface area contributed by atoms with E-state index in [1.807, 2.05) is 25.1 Å². The molecular formula is C11H17NO2. The number of aryl methyl sites for hydroxylation is 1. The maximum Gasteiger partial charge on any atom is 0.231 e. The van der Waals surface area contributed by atoms with E-state index in [9.17, 15) is 0 Å². The Bertz CT molecular complexity index is 285. The highest BCUT2D eigenvalue weighted by Gasteiger charge is 2.11. The summed E-state index contributed by atoms with van der Waals surface area (Å²) in [5, 5.41) is 0. The molecule has 14 heavy (non-hydrogen) atoms. The van der Waals surface area contributed by atoms with Crippen molar-refractivity contribution < 1.29 is 9.47 Å². The minimum Gasteiger partial charge on any atom is -0.454 e. The molecule has 1 aromatic rings. The second-order valence-electron chi connectivity index (χ2n) is 3.15.